The van der Waals surface area contributed by atoms with Gasteiger partial charge in [-0.25, -0.2) is 14.6 Å². The number of terminal acetylenes is 1. The maximum absolute atomic E-state index is 5.79. The van der Waals surface area contributed by atoms with Crippen molar-refractivity contribution in [1.82, 2.24) is 19.7 Å². The summed E-state index contributed by atoms with van der Waals surface area (Å²) in [6, 6.07) is 0. The highest BCUT2D eigenvalue weighted by Crippen LogP contribution is 2.25. The van der Waals surface area contributed by atoms with Gasteiger partial charge in [0.2, 0.25) is 0 Å². The van der Waals surface area contributed by atoms with E-state index in [1.165, 1.54) is 6.33 Å². The highest BCUT2D eigenvalue weighted by Gasteiger charge is 2.22. The molecule has 2 heterocycles. The summed E-state index contributed by atoms with van der Waals surface area (Å²) in [5.74, 6) is 2.88. The van der Waals surface area contributed by atoms with E-state index in [-0.39, 0.29) is 5.54 Å². The van der Waals surface area contributed by atoms with Gasteiger partial charge in [-0.05, 0) is 26.7 Å². The number of hydrogen-bond acceptors (Lipinski definition) is 4. The number of fused-ring (bicyclic) bond motifs is 1. The predicted octanol–water partition coefficient (Wildman–Crippen LogP) is 1.14. The molecule has 0 aromatic carbocycles. The van der Waals surface area contributed by atoms with Gasteiger partial charge in [0.25, 0.3) is 0 Å². The van der Waals surface area contributed by atoms with Crippen LogP contribution in [0.2, 0.25) is 0 Å². The van der Waals surface area contributed by atoms with Crippen LogP contribution in [0.4, 0.5) is 5.82 Å². The molecule has 2 N–H and O–H groups in total. The molecule has 0 spiro atoms. The Balaban J connectivity index is 2.91. The van der Waals surface area contributed by atoms with Crippen LogP contribution in [-0.2, 0) is 5.54 Å². The monoisotopic (exact) mass is 215 g/mol. The van der Waals surface area contributed by atoms with Crippen molar-refractivity contribution in [2.75, 3.05) is 5.73 Å². The number of nitrogens with two attached hydrogens (primary N) is 1. The lowest BCUT2D eigenvalue weighted by atomic mass is 10.1. The third-order valence-corrected chi connectivity index (χ3v) is 2.27. The van der Waals surface area contributed by atoms with Crippen molar-refractivity contribution in [2.24, 2.45) is 0 Å². The lowest BCUT2D eigenvalue weighted by molar-refractivity contribution is 0.365. The maximum Gasteiger partial charge on any atom is 0.165 e. The summed E-state index contributed by atoms with van der Waals surface area (Å²) in [5.41, 5.74) is 6.75. The number of hydrogen-bond donors (Lipinski definition) is 1. The molecule has 2 rings (SSSR count). The van der Waals surface area contributed by atoms with Gasteiger partial charge in [0.05, 0.1) is 10.9 Å². The summed E-state index contributed by atoms with van der Waals surface area (Å²) in [4.78, 5) is 8.12. The first-order chi connectivity index (χ1) is 7.45. The summed E-state index contributed by atoms with van der Waals surface area (Å²) < 4.78 is 1.77. The molecule has 2 aromatic heterocycles. The van der Waals surface area contributed by atoms with Crippen molar-refractivity contribution in [3.8, 4) is 12.3 Å². The van der Waals surface area contributed by atoms with Crippen molar-refractivity contribution in [3.05, 3.63) is 12.0 Å². The average Bonchev–Trinajstić information content (AvgIpc) is 2.57. The smallest absolute Gasteiger partial charge is 0.165 e. The number of rotatable bonds is 0. The van der Waals surface area contributed by atoms with E-state index < -0.39 is 0 Å². The predicted molar refractivity (Wildman–Crippen MR) is 62.7 cm³/mol. The van der Waals surface area contributed by atoms with Gasteiger partial charge in [0.15, 0.2) is 5.65 Å². The Morgan fingerprint density at radius 2 is 2.06 bits per heavy atom. The second kappa shape index (κ2) is 3.20. The molecule has 0 unspecified atom stereocenters. The van der Waals surface area contributed by atoms with Crippen LogP contribution >= 0.6 is 0 Å². The van der Waals surface area contributed by atoms with Crippen molar-refractivity contribution in [2.45, 2.75) is 26.3 Å². The molecular formula is C11H13N5. The van der Waals surface area contributed by atoms with Gasteiger partial charge >= 0.3 is 0 Å². The van der Waals surface area contributed by atoms with Gasteiger partial charge in [0, 0.05) is 0 Å². The number of nitrogen functional groups attached to an aromatic ring is 1. The van der Waals surface area contributed by atoms with Crippen LogP contribution in [0.1, 0.15) is 26.5 Å². The van der Waals surface area contributed by atoms with Crippen LogP contribution < -0.4 is 5.73 Å². The van der Waals surface area contributed by atoms with E-state index in [4.69, 9.17) is 12.2 Å². The summed E-state index contributed by atoms with van der Waals surface area (Å²) in [6.45, 7) is 6.08. The lowest BCUT2D eigenvalue weighted by Crippen LogP contribution is -2.23. The molecule has 0 fully saturated rings. The molecule has 0 radical (unpaired) electrons. The fraction of sp³-hybridized carbons (Fsp3) is 0.364. The molecule has 0 bridgehead atoms. The summed E-state index contributed by atoms with van der Waals surface area (Å²) >= 11 is 0. The van der Waals surface area contributed by atoms with E-state index in [1.54, 1.807) is 4.68 Å². The molecule has 2 aromatic rings. The second-order valence-corrected chi connectivity index (χ2v) is 4.53. The Bertz CT molecular complexity index is 583. The average molecular weight is 215 g/mol. The Morgan fingerprint density at radius 3 is 2.62 bits per heavy atom. The van der Waals surface area contributed by atoms with E-state index in [0.717, 1.165) is 0 Å². The highest BCUT2D eigenvalue weighted by atomic mass is 15.3. The minimum atomic E-state index is -0.200. The second-order valence-electron chi connectivity index (χ2n) is 4.53. The first-order valence-corrected chi connectivity index (χ1v) is 4.91. The fourth-order valence-corrected chi connectivity index (χ4v) is 1.54. The molecule has 0 atom stereocenters. The van der Waals surface area contributed by atoms with Crippen LogP contribution in [0.5, 0.6) is 0 Å². The number of anilines is 1. The van der Waals surface area contributed by atoms with E-state index in [9.17, 15) is 0 Å². The Labute approximate surface area is 93.7 Å². The lowest BCUT2D eigenvalue weighted by Gasteiger charge is -2.19. The number of nitrogens with zero attached hydrogens (tertiary/aromatic N) is 4. The molecule has 5 heteroatoms. The molecule has 0 aliphatic heterocycles. The fourth-order valence-electron chi connectivity index (χ4n) is 1.54. The molecule has 0 amide bonds. The SMILES string of the molecule is C#Cc1nn(C(C)(C)C)c2ncnc(N)c12. The standard InChI is InChI=1S/C11H13N5/c1-5-7-8-9(12)13-6-14-10(8)16(15-7)11(2,3)4/h1,6H,2-4H3,(H2,12,13,14). The van der Waals surface area contributed by atoms with Crippen molar-refractivity contribution in [1.29, 1.82) is 0 Å². The first kappa shape index (κ1) is 10.4. The van der Waals surface area contributed by atoms with Crippen LogP contribution in [0.15, 0.2) is 6.33 Å². The van der Waals surface area contributed by atoms with Gasteiger partial charge in [0.1, 0.15) is 17.8 Å². The Kier molecular flexibility index (Phi) is 2.09. The number of aromatic nitrogens is 4. The molecule has 82 valence electrons. The first-order valence-electron chi connectivity index (χ1n) is 4.91. The van der Waals surface area contributed by atoms with Gasteiger partial charge in [-0.1, -0.05) is 0 Å². The molecule has 16 heavy (non-hydrogen) atoms. The van der Waals surface area contributed by atoms with Crippen molar-refractivity contribution in [3.63, 3.8) is 0 Å². The minimum absolute atomic E-state index is 0.200. The maximum atomic E-state index is 5.79. The quantitative estimate of drug-likeness (QED) is 0.669. The van der Waals surface area contributed by atoms with Crippen LogP contribution in [0.25, 0.3) is 11.0 Å². The third kappa shape index (κ3) is 1.39. The van der Waals surface area contributed by atoms with Crippen LogP contribution in [-0.4, -0.2) is 19.7 Å². The molecule has 0 saturated heterocycles. The largest absolute Gasteiger partial charge is 0.383 e. The van der Waals surface area contributed by atoms with E-state index in [1.807, 2.05) is 20.8 Å². The van der Waals surface area contributed by atoms with Crippen LogP contribution in [0.3, 0.4) is 0 Å². The third-order valence-electron chi connectivity index (χ3n) is 2.27. The molecular weight excluding hydrogens is 202 g/mol. The Hall–Kier alpha value is -2.09. The Morgan fingerprint density at radius 1 is 1.38 bits per heavy atom. The van der Waals surface area contributed by atoms with Crippen molar-refractivity contribution < 1.29 is 0 Å². The topological polar surface area (TPSA) is 69.6 Å². The highest BCUT2D eigenvalue weighted by molar-refractivity contribution is 5.90. The molecule has 0 aliphatic rings. The van der Waals surface area contributed by atoms with Crippen molar-refractivity contribution >= 4 is 16.9 Å². The van der Waals surface area contributed by atoms with Gasteiger partial charge in [-0.15, -0.1) is 6.42 Å². The zero-order chi connectivity index (χ0) is 11.9. The minimum Gasteiger partial charge on any atom is -0.383 e. The zero-order valence-electron chi connectivity index (χ0n) is 9.52. The van der Waals surface area contributed by atoms with Gasteiger partial charge < -0.3 is 5.73 Å². The molecule has 0 saturated carbocycles. The molecule has 5 nitrogen and oxygen atoms in total. The summed E-state index contributed by atoms with van der Waals surface area (Å²) in [5, 5.41) is 4.99. The van der Waals surface area contributed by atoms with Gasteiger partial charge in [-0.3, -0.25) is 0 Å². The summed E-state index contributed by atoms with van der Waals surface area (Å²) in [6.07, 6.45) is 6.82. The summed E-state index contributed by atoms with van der Waals surface area (Å²) in [7, 11) is 0. The van der Waals surface area contributed by atoms with E-state index in [0.29, 0.717) is 22.5 Å². The van der Waals surface area contributed by atoms with E-state index >= 15 is 0 Å². The van der Waals surface area contributed by atoms with Gasteiger partial charge in [-0.2, -0.15) is 5.10 Å². The normalized spacial score (nSPS) is 11.6. The van der Waals surface area contributed by atoms with Crippen LogP contribution in [0, 0.1) is 12.3 Å². The van der Waals surface area contributed by atoms with E-state index in [2.05, 4.69) is 21.0 Å². The zero-order valence-corrected chi connectivity index (χ0v) is 9.52. The molecule has 0 aliphatic carbocycles.